The molecule has 0 aromatic heterocycles. The van der Waals surface area contributed by atoms with Gasteiger partial charge in [0.2, 0.25) is 0 Å². The zero-order valence-corrected chi connectivity index (χ0v) is 12.4. The van der Waals surface area contributed by atoms with Crippen LogP contribution in [0.4, 0.5) is 8.78 Å². The van der Waals surface area contributed by atoms with E-state index in [1.807, 2.05) is 13.8 Å². The van der Waals surface area contributed by atoms with Crippen LogP contribution in [0.1, 0.15) is 37.1 Å². The van der Waals surface area contributed by atoms with Crippen LogP contribution < -0.4 is 10.1 Å². The van der Waals surface area contributed by atoms with Crippen molar-refractivity contribution in [3.8, 4) is 5.75 Å². The average Bonchev–Trinajstić information content (AvgIpc) is 2.48. The molecule has 1 unspecified atom stereocenters. The molecule has 1 N–H and O–H groups in total. The number of ether oxygens (including phenoxy) is 1. The van der Waals surface area contributed by atoms with Gasteiger partial charge in [0.15, 0.2) is 11.6 Å². The zero-order chi connectivity index (χ0) is 15.4. The van der Waals surface area contributed by atoms with Gasteiger partial charge in [-0.3, -0.25) is 0 Å². The lowest BCUT2D eigenvalue weighted by Crippen LogP contribution is -2.22. The summed E-state index contributed by atoms with van der Waals surface area (Å²) in [5, 5.41) is 3.40. The van der Waals surface area contributed by atoms with Gasteiger partial charge in [-0.05, 0) is 49.2 Å². The lowest BCUT2D eigenvalue weighted by atomic mass is 10.0. The lowest BCUT2D eigenvalue weighted by Gasteiger charge is -2.21. The molecule has 2 atom stereocenters. The number of halogens is 2. The van der Waals surface area contributed by atoms with Gasteiger partial charge < -0.3 is 10.1 Å². The van der Waals surface area contributed by atoms with Crippen molar-refractivity contribution < 1.29 is 13.5 Å². The Kier molecular flexibility index (Phi) is 4.91. The Morgan fingerprint density at radius 3 is 2.10 bits per heavy atom. The van der Waals surface area contributed by atoms with Crippen LogP contribution in [0, 0.1) is 11.6 Å². The van der Waals surface area contributed by atoms with Crippen molar-refractivity contribution in [2.45, 2.75) is 25.9 Å². The fourth-order valence-corrected chi connectivity index (χ4v) is 2.26. The number of methoxy groups -OCH3 is 1. The zero-order valence-electron chi connectivity index (χ0n) is 12.4. The lowest BCUT2D eigenvalue weighted by molar-refractivity contribution is 0.384. The molecule has 21 heavy (non-hydrogen) atoms. The molecule has 112 valence electrons. The molecular weight excluding hydrogens is 272 g/mol. The summed E-state index contributed by atoms with van der Waals surface area (Å²) >= 11 is 0. The average molecular weight is 291 g/mol. The van der Waals surface area contributed by atoms with E-state index in [-0.39, 0.29) is 29.5 Å². The first-order chi connectivity index (χ1) is 10.0. The van der Waals surface area contributed by atoms with Crippen molar-refractivity contribution in [1.82, 2.24) is 5.32 Å². The molecule has 2 aromatic carbocycles. The molecule has 4 heteroatoms. The number of nitrogens with one attached hydrogen (secondary N) is 1. The van der Waals surface area contributed by atoms with Crippen LogP contribution in [0.2, 0.25) is 0 Å². The molecule has 0 saturated heterocycles. The molecule has 0 fully saturated rings. The van der Waals surface area contributed by atoms with E-state index in [4.69, 9.17) is 4.74 Å². The highest BCUT2D eigenvalue weighted by Gasteiger charge is 2.13. The Bertz CT molecular complexity index is 598. The normalized spacial score (nSPS) is 13.8. The molecule has 2 rings (SSSR count). The van der Waals surface area contributed by atoms with E-state index in [2.05, 4.69) is 5.32 Å². The Labute approximate surface area is 123 Å². The molecule has 0 bridgehead atoms. The molecular formula is C17H19F2NO. The molecule has 2 nitrogen and oxygen atoms in total. The Balaban J connectivity index is 2.10. The second-order valence-electron chi connectivity index (χ2n) is 5.06. The highest BCUT2D eigenvalue weighted by molar-refractivity contribution is 5.32. The minimum absolute atomic E-state index is 0.0135. The Morgan fingerprint density at radius 2 is 1.48 bits per heavy atom. The SMILES string of the molecule is COc1cc(C(C)N[C@H](C)c2ccc(F)cc2)ccc1F. The van der Waals surface area contributed by atoms with Crippen LogP contribution in [0.15, 0.2) is 42.5 Å². The highest BCUT2D eigenvalue weighted by Crippen LogP contribution is 2.24. The van der Waals surface area contributed by atoms with Crippen LogP contribution in [0.5, 0.6) is 5.75 Å². The number of benzene rings is 2. The molecule has 0 aliphatic heterocycles. The maximum Gasteiger partial charge on any atom is 0.165 e. The largest absolute Gasteiger partial charge is 0.494 e. The molecule has 0 saturated carbocycles. The maximum atomic E-state index is 13.4. The molecule has 0 aliphatic carbocycles. The smallest absolute Gasteiger partial charge is 0.165 e. The summed E-state index contributed by atoms with van der Waals surface area (Å²) in [6.07, 6.45) is 0. The molecule has 0 heterocycles. The van der Waals surface area contributed by atoms with Crippen molar-refractivity contribution >= 4 is 0 Å². The van der Waals surface area contributed by atoms with Crippen LogP contribution in [-0.2, 0) is 0 Å². The first-order valence-corrected chi connectivity index (χ1v) is 6.86. The van der Waals surface area contributed by atoms with Crippen molar-refractivity contribution in [1.29, 1.82) is 0 Å². The minimum Gasteiger partial charge on any atom is -0.494 e. The van der Waals surface area contributed by atoms with E-state index >= 15 is 0 Å². The molecule has 0 radical (unpaired) electrons. The number of hydrogen-bond acceptors (Lipinski definition) is 2. The summed E-state index contributed by atoms with van der Waals surface area (Å²) < 4.78 is 31.3. The van der Waals surface area contributed by atoms with Crippen LogP contribution in [0.3, 0.4) is 0 Å². The van der Waals surface area contributed by atoms with E-state index in [0.29, 0.717) is 0 Å². The number of rotatable bonds is 5. The van der Waals surface area contributed by atoms with Gasteiger partial charge >= 0.3 is 0 Å². The van der Waals surface area contributed by atoms with Crippen LogP contribution >= 0.6 is 0 Å². The summed E-state index contributed by atoms with van der Waals surface area (Å²) in [4.78, 5) is 0. The fraction of sp³-hybridized carbons (Fsp3) is 0.294. The van der Waals surface area contributed by atoms with Crippen molar-refractivity contribution in [2.24, 2.45) is 0 Å². The molecule has 0 spiro atoms. The third kappa shape index (κ3) is 3.79. The predicted molar refractivity (Wildman–Crippen MR) is 79.3 cm³/mol. The molecule has 0 aliphatic rings. The van der Waals surface area contributed by atoms with Gasteiger partial charge in [0.25, 0.3) is 0 Å². The topological polar surface area (TPSA) is 21.3 Å². The van der Waals surface area contributed by atoms with Gasteiger partial charge in [0.05, 0.1) is 7.11 Å². The quantitative estimate of drug-likeness (QED) is 0.882. The van der Waals surface area contributed by atoms with Gasteiger partial charge in [-0.15, -0.1) is 0 Å². The third-order valence-electron chi connectivity index (χ3n) is 3.55. The van der Waals surface area contributed by atoms with Gasteiger partial charge in [-0.2, -0.15) is 0 Å². The summed E-state index contributed by atoms with van der Waals surface area (Å²) in [5.74, 6) is -0.391. The van der Waals surface area contributed by atoms with Crippen molar-refractivity contribution in [3.05, 3.63) is 65.2 Å². The van der Waals surface area contributed by atoms with Gasteiger partial charge in [0.1, 0.15) is 5.82 Å². The monoisotopic (exact) mass is 291 g/mol. The Hall–Kier alpha value is -1.94. The summed E-state index contributed by atoms with van der Waals surface area (Å²) in [7, 11) is 1.45. The van der Waals surface area contributed by atoms with Gasteiger partial charge in [0, 0.05) is 12.1 Å². The van der Waals surface area contributed by atoms with E-state index < -0.39 is 0 Å². The van der Waals surface area contributed by atoms with Gasteiger partial charge in [-0.1, -0.05) is 18.2 Å². The van der Waals surface area contributed by atoms with Crippen LogP contribution in [0.25, 0.3) is 0 Å². The first kappa shape index (κ1) is 15.4. The van der Waals surface area contributed by atoms with Crippen molar-refractivity contribution in [2.75, 3.05) is 7.11 Å². The fourth-order valence-electron chi connectivity index (χ4n) is 2.26. The summed E-state index contributed by atoms with van der Waals surface area (Å²) in [6, 6.07) is 11.3. The minimum atomic E-state index is -0.375. The number of hydrogen-bond donors (Lipinski definition) is 1. The summed E-state index contributed by atoms with van der Waals surface area (Å²) in [5.41, 5.74) is 1.93. The summed E-state index contributed by atoms with van der Waals surface area (Å²) in [6.45, 7) is 4.00. The molecule has 2 aromatic rings. The molecule has 0 amide bonds. The third-order valence-corrected chi connectivity index (χ3v) is 3.55. The van der Waals surface area contributed by atoms with E-state index in [0.717, 1.165) is 11.1 Å². The maximum absolute atomic E-state index is 13.4. The van der Waals surface area contributed by atoms with Crippen molar-refractivity contribution in [3.63, 3.8) is 0 Å². The first-order valence-electron chi connectivity index (χ1n) is 6.86. The van der Waals surface area contributed by atoms with Crippen LogP contribution in [-0.4, -0.2) is 7.11 Å². The van der Waals surface area contributed by atoms with E-state index in [9.17, 15) is 8.78 Å². The standard InChI is InChI=1S/C17H19F2NO/c1-11(13-4-7-15(18)8-5-13)20-12(2)14-6-9-16(19)17(10-14)21-3/h4-12,20H,1-3H3/t11-,12?/m1/s1. The van der Waals surface area contributed by atoms with Gasteiger partial charge in [-0.25, -0.2) is 8.78 Å². The Morgan fingerprint density at radius 1 is 0.905 bits per heavy atom. The second-order valence-corrected chi connectivity index (χ2v) is 5.06. The van der Waals surface area contributed by atoms with E-state index in [1.54, 1.807) is 24.3 Å². The van der Waals surface area contributed by atoms with E-state index in [1.165, 1.54) is 25.3 Å². The highest BCUT2D eigenvalue weighted by atomic mass is 19.1. The predicted octanol–water partition coefficient (Wildman–Crippen LogP) is 4.39. The second kappa shape index (κ2) is 6.68.